The zero-order valence-electron chi connectivity index (χ0n) is 12.3. The number of thiophene rings is 1. The predicted octanol–water partition coefficient (Wildman–Crippen LogP) is 4.33. The molecule has 1 aliphatic heterocycles. The van der Waals surface area contributed by atoms with Crippen molar-refractivity contribution in [2.75, 3.05) is 0 Å². The summed E-state index contributed by atoms with van der Waals surface area (Å²) in [5.41, 5.74) is 1.44. The average molecular weight is 322 g/mol. The molecule has 114 valence electrons. The molecule has 1 aliphatic rings. The number of hydrazone groups is 1. The van der Waals surface area contributed by atoms with Crippen LogP contribution in [0.2, 0.25) is 0 Å². The van der Waals surface area contributed by atoms with Gasteiger partial charge in [0.1, 0.15) is 11.5 Å². The largest absolute Gasteiger partial charge is 0.463 e. The summed E-state index contributed by atoms with van der Waals surface area (Å²) >= 11 is 1.64. The smallest absolute Gasteiger partial charge is 0.274 e. The zero-order chi connectivity index (χ0) is 15.6. The topological polar surface area (TPSA) is 45.8 Å². The number of amides is 1. The number of nitrogens with zero attached hydrogens (tertiary/aromatic N) is 2. The summed E-state index contributed by atoms with van der Waals surface area (Å²) in [6.45, 7) is 0. The maximum Gasteiger partial charge on any atom is 0.274 e. The van der Waals surface area contributed by atoms with Gasteiger partial charge in [0.25, 0.3) is 5.91 Å². The molecule has 1 aromatic carbocycles. The number of hydrogen-bond acceptors (Lipinski definition) is 4. The Hall–Kier alpha value is -2.66. The van der Waals surface area contributed by atoms with Crippen LogP contribution in [0.4, 0.5) is 0 Å². The normalized spacial score (nSPS) is 17.3. The first kappa shape index (κ1) is 14.0. The molecule has 0 spiro atoms. The first-order valence-corrected chi connectivity index (χ1v) is 8.24. The minimum Gasteiger partial charge on any atom is -0.463 e. The third-order valence-corrected chi connectivity index (χ3v) is 4.79. The Balaban J connectivity index is 1.72. The van der Waals surface area contributed by atoms with Gasteiger partial charge in [-0.25, -0.2) is 5.01 Å². The minimum absolute atomic E-state index is 0.0807. The molecule has 0 radical (unpaired) electrons. The van der Waals surface area contributed by atoms with Crippen molar-refractivity contribution in [1.29, 1.82) is 0 Å². The van der Waals surface area contributed by atoms with Crippen LogP contribution in [0.1, 0.15) is 33.5 Å². The van der Waals surface area contributed by atoms with Crippen molar-refractivity contribution < 1.29 is 9.21 Å². The molecular weight excluding hydrogens is 308 g/mol. The number of hydrogen-bond donors (Lipinski definition) is 0. The van der Waals surface area contributed by atoms with E-state index in [0.29, 0.717) is 12.0 Å². The SMILES string of the molecule is O=C(c1ccccc1)N1N=C(c2ccco2)C[C@H]1c1cccs1. The van der Waals surface area contributed by atoms with Gasteiger partial charge in [0, 0.05) is 16.9 Å². The van der Waals surface area contributed by atoms with Crippen molar-refractivity contribution >= 4 is 23.0 Å². The van der Waals surface area contributed by atoms with Gasteiger partial charge < -0.3 is 4.42 Å². The molecule has 5 heteroatoms. The molecule has 1 atom stereocenters. The van der Waals surface area contributed by atoms with Crippen LogP contribution in [0, 0.1) is 0 Å². The number of rotatable bonds is 3. The highest BCUT2D eigenvalue weighted by Gasteiger charge is 2.35. The van der Waals surface area contributed by atoms with E-state index >= 15 is 0 Å². The minimum atomic E-state index is -0.0921. The summed E-state index contributed by atoms with van der Waals surface area (Å²) in [5, 5.41) is 8.16. The second kappa shape index (κ2) is 5.85. The van der Waals surface area contributed by atoms with E-state index in [9.17, 15) is 4.79 Å². The highest BCUT2D eigenvalue weighted by Crippen LogP contribution is 2.36. The Kier molecular flexibility index (Phi) is 3.55. The number of benzene rings is 1. The standard InChI is InChI=1S/C18H14N2O2S/c21-18(13-6-2-1-3-7-13)20-15(17-9-5-11-23-17)12-14(19-20)16-8-4-10-22-16/h1-11,15H,12H2/t15-/m0/s1. The first-order valence-electron chi connectivity index (χ1n) is 7.36. The molecule has 0 fully saturated rings. The van der Waals surface area contributed by atoms with E-state index in [4.69, 9.17) is 4.42 Å². The summed E-state index contributed by atoms with van der Waals surface area (Å²) in [5.74, 6) is 0.625. The molecule has 2 aromatic heterocycles. The van der Waals surface area contributed by atoms with Gasteiger partial charge in [-0.1, -0.05) is 24.3 Å². The lowest BCUT2D eigenvalue weighted by atomic mass is 10.1. The van der Waals surface area contributed by atoms with Crippen LogP contribution in [-0.2, 0) is 0 Å². The van der Waals surface area contributed by atoms with Gasteiger partial charge in [-0.3, -0.25) is 4.79 Å². The van der Waals surface area contributed by atoms with Gasteiger partial charge in [-0.2, -0.15) is 5.10 Å². The predicted molar refractivity (Wildman–Crippen MR) is 89.5 cm³/mol. The summed E-state index contributed by atoms with van der Waals surface area (Å²) in [6, 6.07) is 16.9. The third-order valence-electron chi connectivity index (χ3n) is 3.82. The molecule has 0 saturated carbocycles. The summed E-state index contributed by atoms with van der Waals surface area (Å²) in [6.07, 6.45) is 2.28. The molecule has 4 rings (SSSR count). The number of furan rings is 1. The second-order valence-corrected chi connectivity index (χ2v) is 6.25. The fourth-order valence-electron chi connectivity index (χ4n) is 2.70. The first-order chi connectivity index (χ1) is 11.3. The highest BCUT2D eigenvalue weighted by atomic mass is 32.1. The van der Waals surface area contributed by atoms with E-state index in [-0.39, 0.29) is 11.9 Å². The Morgan fingerprint density at radius 1 is 1.13 bits per heavy atom. The van der Waals surface area contributed by atoms with Crippen LogP contribution in [0.25, 0.3) is 0 Å². The van der Waals surface area contributed by atoms with Gasteiger partial charge in [0.05, 0.1) is 12.3 Å². The Morgan fingerprint density at radius 3 is 2.70 bits per heavy atom. The molecule has 4 nitrogen and oxygen atoms in total. The molecule has 0 unspecified atom stereocenters. The maximum absolute atomic E-state index is 12.9. The zero-order valence-corrected chi connectivity index (χ0v) is 13.1. The van der Waals surface area contributed by atoms with Crippen molar-refractivity contribution in [2.24, 2.45) is 5.10 Å². The quantitative estimate of drug-likeness (QED) is 0.720. The van der Waals surface area contributed by atoms with Crippen LogP contribution < -0.4 is 0 Å². The van der Waals surface area contributed by atoms with Crippen LogP contribution in [0.15, 0.2) is 75.8 Å². The van der Waals surface area contributed by atoms with Gasteiger partial charge in [0.15, 0.2) is 0 Å². The van der Waals surface area contributed by atoms with E-state index < -0.39 is 0 Å². The highest BCUT2D eigenvalue weighted by molar-refractivity contribution is 7.10. The molecule has 0 bridgehead atoms. The molecule has 0 N–H and O–H groups in total. The molecule has 0 saturated heterocycles. The van der Waals surface area contributed by atoms with E-state index in [1.807, 2.05) is 60.0 Å². The van der Waals surface area contributed by atoms with Crippen LogP contribution in [-0.4, -0.2) is 16.6 Å². The summed E-state index contributed by atoms with van der Waals surface area (Å²) in [7, 11) is 0. The van der Waals surface area contributed by atoms with Gasteiger partial charge in [0.2, 0.25) is 0 Å². The molecule has 3 aromatic rings. The number of carbonyl (C=O) groups is 1. The van der Waals surface area contributed by atoms with Crippen molar-refractivity contribution in [2.45, 2.75) is 12.5 Å². The fourth-order valence-corrected chi connectivity index (χ4v) is 3.52. The van der Waals surface area contributed by atoms with E-state index in [0.717, 1.165) is 16.3 Å². The van der Waals surface area contributed by atoms with Crippen molar-refractivity contribution in [3.8, 4) is 0 Å². The van der Waals surface area contributed by atoms with Crippen molar-refractivity contribution in [1.82, 2.24) is 5.01 Å². The number of carbonyl (C=O) groups excluding carboxylic acids is 1. The average Bonchev–Trinajstić information content (AvgIpc) is 3.34. The lowest BCUT2D eigenvalue weighted by Crippen LogP contribution is -2.26. The van der Waals surface area contributed by atoms with Crippen LogP contribution >= 0.6 is 11.3 Å². The molecular formula is C18H14N2O2S. The molecule has 1 amide bonds. The van der Waals surface area contributed by atoms with Crippen molar-refractivity contribution in [3.05, 3.63) is 82.4 Å². The van der Waals surface area contributed by atoms with Gasteiger partial charge in [-0.05, 0) is 35.7 Å². The van der Waals surface area contributed by atoms with E-state index in [1.165, 1.54) is 0 Å². The molecule has 0 aliphatic carbocycles. The maximum atomic E-state index is 12.9. The Labute approximate surface area is 137 Å². The second-order valence-electron chi connectivity index (χ2n) is 5.28. The van der Waals surface area contributed by atoms with Crippen LogP contribution in [0.3, 0.4) is 0 Å². The van der Waals surface area contributed by atoms with E-state index in [1.54, 1.807) is 22.6 Å². The van der Waals surface area contributed by atoms with Gasteiger partial charge in [-0.15, -0.1) is 11.3 Å². The van der Waals surface area contributed by atoms with Crippen molar-refractivity contribution in [3.63, 3.8) is 0 Å². The van der Waals surface area contributed by atoms with Gasteiger partial charge >= 0.3 is 0 Å². The van der Waals surface area contributed by atoms with Crippen LogP contribution in [0.5, 0.6) is 0 Å². The fraction of sp³-hybridized carbons (Fsp3) is 0.111. The van der Waals surface area contributed by atoms with E-state index in [2.05, 4.69) is 5.10 Å². The Bertz CT molecular complexity index is 823. The summed E-state index contributed by atoms with van der Waals surface area (Å²) in [4.78, 5) is 14.0. The summed E-state index contributed by atoms with van der Waals surface area (Å²) < 4.78 is 5.45. The lowest BCUT2D eigenvalue weighted by Gasteiger charge is -2.20. The lowest BCUT2D eigenvalue weighted by molar-refractivity contribution is 0.0714. The monoisotopic (exact) mass is 322 g/mol. The Morgan fingerprint density at radius 2 is 2.00 bits per heavy atom. The molecule has 23 heavy (non-hydrogen) atoms. The third kappa shape index (κ3) is 2.59. The molecule has 3 heterocycles.